The topological polar surface area (TPSA) is 89.9 Å². The standard InChI is InChI=1S/C13H17FN2O4/c14-11-3-1-10(2-4-11)9-15-12(19)13(20)16(5-7-17)6-8-18/h1-4,17-18H,5-9H2,(H,15,19). The minimum Gasteiger partial charge on any atom is -0.395 e. The molecule has 6 nitrogen and oxygen atoms in total. The highest BCUT2D eigenvalue weighted by Gasteiger charge is 2.20. The van der Waals surface area contributed by atoms with Crippen LogP contribution in [0.15, 0.2) is 24.3 Å². The van der Waals surface area contributed by atoms with Gasteiger partial charge in [-0.25, -0.2) is 4.39 Å². The van der Waals surface area contributed by atoms with Crippen LogP contribution >= 0.6 is 0 Å². The van der Waals surface area contributed by atoms with Gasteiger partial charge in [-0.2, -0.15) is 0 Å². The first-order valence-corrected chi connectivity index (χ1v) is 6.11. The van der Waals surface area contributed by atoms with Crippen LogP contribution in [0.4, 0.5) is 4.39 Å². The zero-order valence-corrected chi connectivity index (χ0v) is 10.9. The van der Waals surface area contributed by atoms with E-state index in [1.165, 1.54) is 24.3 Å². The van der Waals surface area contributed by atoms with Crippen molar-refractivity contribution in [3.05, 3.63) is 35.6 Å². The van der Waals surface area contributed by atoms with Gasteiger partial charge in [-0.3, -0.25) is 9.59 Å². The van der Waals surface area contributed by atoms with E-state index in [9.17, 15) is 14.0 Å². The summed E-state index contributed by atoms with van der Waals surface area (Å²) >= 11 is 0. The van der Waals surface area contributed by atoms with Crippen LogP contribution in [-0.4, -0.2) is 53.2 Å². The molecule has 20 heavy (non-hydrogen) atoms. The summed E-state index contributed by atoms with van der Waals surface area (Å²) in [4.78, 5) is 24.4. The van der Waals surface area contributed by atoms with E-state index >= 15 is 0 Å². The lowest BCUT2D eigenvalue weighted by Crippen LogP contribution is -2.45. The first kappa shape index (κ1) is 16.1. The molecule has 0 radical (unpaired) electrons. The Labute approximate surface area is 115 Å². The number of hydrogen-bond donors (Lipinski definition) is 3. The van der Waals surface area contributed by atoms with E-state index in [0.717, 1.165) is 4.90 Å². The summed E-state index contributed by atoms with van der Waals surface area (Å²) in [6.45, 7) is -0.544. The summed E-state index contributed by atoms with van der Waals surface area (Å²) in [5.74, 6) is -2.04. The molecule has 1 rings (SSSR count). The molecular weight excluding hydrogens is 267 g/mol. The molecule has 2 amide bonds. The summed E-state index contributed by atoms with van der Waals surface area (Å²) < 4.78 is 12.7. The molecule has 0 saturated carbocycles. The predicted molar refractivity (Wildman–Crippen MR) is 69.0 cm³/mol. The summed E-state index contributed by atoms with van der Waals surface area (Å²) in [6, 6.07) is 5.51. The highest BCUT2D eigenvalue weighted by molar-refractivity contribution is 6.34. The van der Waals surface area contributed by atoms with Crippen LogP contribution in [-0.2, 0) is 16.1 Å². The van der Waals surface area contributed by atoms with E-state index in [-0.39, 0.29) is 38.7 Å². The van der Waals surface area contributed by atoms with Crippen molar-refractivity contribution in [3.8, 4) is 0 Å². The van der Waals surface area contributed by atoms with Crippen molar-refractivity contribution in [3.63, 3.8) is 0 Å². The van der Waals surface area contributed by atoms with Gasteiger partial charge in [0.25, 0.3) is 0 Å². The minimum absolute atomic E-state index is 0.0244. The molecule has 0 heterocycles. The van der Waals surface area contributed by atoms with Crippen LogP contribution in [0.25, 0.3) is 0 Å². The zero-order chi connectivity index (χ0) is 15.0. The molecular formula is C13H17FN2O4. The highest BCUT2D eigenvalue weighted by atomic mass is 19.1. The number of halogens is 1. The third-order valence-electron chi connectivity index (χ3n) is 2.59. The molecule has 0 aliphatic heterocycles. The molecule has 110 valence electrons. The maximum absolute atomic E-state index is 12.7. The second kappa shape index (κ2) is 8.23. The number of aliphatic hydroxyl groups is 2. The molecule has 0 unspecified atom stereocenters. The molecule has 0 fully saturated rings. The van der Waals surface area contributed by atoms with Gasteiger partial charge < -0.3 is 20.4 Å². The van der Waals surface area contributed by atoms with Gasteiger partial charge in [0.2, 0.25) is 0 Å². The maximum atomic E-state index is 12.7. The van der Waals surface area contributed by atoms with Gasteiger partial charge in [0.05, 0.1) is 13.2 Å². The van der Waals surface area contributed by atoms with Crippen molar-refractivity contribution in [2.45, 2.75) is 6.54 Å². The molecule has 0 aliphatic rings. The summed E-state index contributed by atoms with van der Waals surface area (Å²) in [7, 11) is 0. The van der Waals surface area contributed by atoms with Crippen LogP contribution in [0.1, 0.15) is 5.56 Å². The fraction of sp³-hybridized carbons (Fsp3) is 0.385. The largest absolute Gasteiger partial charge is 0.395 e. The van der Waals surface area contributed by atoms with Gasteiger partial charge in [-0.15, -0.1) is 0 Å². The number of amides is 2. The first-order chi connectivity index (χ1) is 9.58. The number of carbonyl (C=O) groups is 2. The number of nitrogens with one attached hydrogen (secondary N) is 1. The van der Waals surface area contributed by atoms with Gasteiger partial charge >= 0.3 is 11.8 Å². The Morgan fingerprint density at radius 3 is 2.15 bits per heavy atom. The number of rotatable bonds is 6. The van der Waals surface area contributed by atoms with Crippen LogP contribution in [0.2, 0.25) is 0 Å². The second-order valence-corrected chi connectivity index (χ2v) is 4.05. The van der Waals surface area contributed by atoms with E-state index < -0.39 is 11.8 Å². The molecule has 0 bridgehead atoms. The van der Waals surface area contributed by atoms with Gasteiger partial charge in [0, 0.05) is 19.6 Å². The second-order valence-electron chi connectivity index (χ2n) is 4.05. The third kappa shape index (κ3) is 4.94. The average molecular weight is 284 g/mol. The summed E-state index contributed by atoms with van der Waals surface area (Å²) in [6.07, 6.45) is 0. The van der Waals surface area contributed by atoms with Gasteiger partial charge in [-0.1, -0.05) is 12.1 Å². The number of carbonyl (C=O) groups excluding carboxylic acids is 2. The van der Waals surface area contributed by atoms with E-state index in [1.54, 1.807) is 0 Å². The van der Waals surface area contributed by atoms with Crippen molar-refractivity contribution in [2.75, 3.05) is 26.3 Å². The van der Waals surface area contributed by atoms with Crippen molar-refractivity contribution < 1.29 is 24.2 Å². The molecule has 0 aliphatic carbocycles. The number of benzene rings is 1. The Morgan fingerprint density at radius 2 is 1.65 bits per heavy atom. The van der Waals surface area contributed by atoms with Crippen LogP contribution < -0.4 is 5.32 Å². The minimum atomic E-state index is -0.837. The van der Waals surface area contributed by atoms with Crippen molar-refractivity contribution in [1.82, 2.24) is 10.2 Å². The maximum Gasteiger partial charge on any atom is 0.312 e. The zero-order valence-electron chi connectivity index (χ0n) is 10.9. The summed E-state index contributed by atoms with van der Waals surface area (Å²) in [5, 5.41) is 20.0. The van der Waals surface area contributed by atoms with Gasteiger partial charge in [-0.05, 0) is 17.7 Å². The Morgan fingerprint density at radius 1 is 1.10 bits per heavy atom. The Balaban J connectivity index is 2.52. The SMILES string of the molecule is O=C(NCc1ccc(F)cc1)C(=O)N(CCO)CCO. The van der Waals surface area contributed by atoms with Gasteiger partial charge in [0.15, 0.2) is 0 Å². The Bertz CT molecular complexity index is 444. The van der Waals surface area contributed by atoms with Crippen molar-refractivity contribution >= 4 is 11.8 Å². The number of aliphatic hydroxyl groups excluding tert-OH is 2. The van der Waals surface area contributed by atoms with Crippen molar-refractivity contribution in [2.24, 2.45) is 0 Å². The molecule has 0 spiro atoms. The molecule has 1 aromatic carbocycles. The third-order valence-corrected chi connectivity index (χ3v) is 2.59. The molecule has 0 saturated heterocycles. The lowest BCUT2D eigenvalue weighted by Gasteiger charge is -2.19. The molecule has 7 heteroatoms. The van der Waals surface area contributed by atoms with Crippen LogP contribution in [0, 0.1) is 5.82 Å². The molecule has 1 aromatic rings. The van der Waals surface area contributed by atoms with E-state index in [1.807, 2.05) is 0 Å². The van der Waals surface area contributed by atoms with Crippen LogP contribution in [0.5, 0.6) is 0 Å². The number of hydrogen-bond acceptors (Lipinski definition) is 4. The fourth-order valence-electron chi connectivity index (χ4n) is 1.56. The molecule has 0 atom stereocenters. The van der Waals surface area contributed by atoms with Gasteiger partial charge in [0.1, 0.15) is 5.82 Å². The Hall–Kier alpha value is -1.99. The number of nitrogens with zero attached hydrogens (tertiary/aromatic N) is 1. The predicted octanol–water partition coefficient (Wildman–Crippen LogP) is -0.745. The van der Waals surface area contributed by atoms with Crippen molar-refractivity contribution in [1.29, 1.82) is 0 Å². The van der Waals surface area contributed by atoms with E-state index in [0.29, 0.717) is 5.56 Å². The lowest BCUT2D eigenvalue weighted by atomic mass is 10.2. The molecule has 3 N–H and O–H groups in total. The lowest BCUT2D eigenvalue weighted by molar-refractivity contribution is -0.146. The van der Waals surface area contributed by atoms with Crippen LogP contribution in [0.3, 0.4) is 0 Å². The molecule has 0 aromatic heterocycles. The highest BCUT2D eigenvalue weighted by Crippen LogP contribution is 2.02. The fourth-order valence-corrected chi connectivity index (χ4v) is 1.56. The monoisotopic (exact) mass is 284 g/mol. The first-order valence-electron chi connectivity index (χ1n) is 6.11. The normalized spacial score (nSPS) is 10.2. The Kier molecular flexibility index (Phi) is 6.61. The van der Waals surface area contributed by atoms with E-state index in [2.05, 4.69) is 5.32 Å². The van der Waals surface area contributed by atoms with E-state index in [4.69, 9.17) is 10.2 Å². The average Bonchev–Trinajstić information content (AvgIpc) is 2.45. The smallest absolute Gasteiger partial charge is 0.312 e. The quantitative estimate of drug-likeness (QED) is 0.600. The summed E-state index contributed by atoms with van der Waals surface area (Å²) in [5.41, 5.74) is 0.656.